The summed E-state index contributed by atoms with van der Waals surface area (Å²) < 4.78 is 16.7. The second kappa shape index (κ2) is 39.1. The topological polar surface area (TPSA) is 78.9 Å². The summed E-state index contributed by atoms with van der Waals surface area (Å²) in [6, 6.07) is 0. The fraction of sp³-hybridized carbons (Fsp3) is 0.935. The zero-order valence-electron chi connectivity index (χ0n) is 35.4. The van der Waals surface area contributed by atoms with E-state index in [-0.39, 0.29) is 31.1 Å². The Morgan fingerprint density at radius 2 is 0.635 bits per heavy atom. The van der Waals surface area contributed by atoms with Crippen LogP contribution in [0, 0.1) is 11.8 Å². The molecule has 0 N–H and O–H groups in total. The molecule has 1 atom stereocenters. The van der Waals surface area contributed by atoms with Crippen molar-refractivity contribution in [2.45, 2.75) is 253 Å². The van der Waals surface area contributed by atoms with Crippen molar-refractivity contribution in [2.24, 2.45) is 11.8 Å². The van der Waals surface area contributed by atoms with Crippen molar-refractivity contribution in [2.75, 3.05) is 13.2 Å². The number of rotatable bonds is 40. The van der Waals surface area contributed by atoms with Gasteiger partial charge >= 0.3 is 17.9 Å². The van der Waals surface area contributed by atoms with E-state index in [0.29, 0.717) is 19.3 Å². The van der Waals surface area contributed by atoms with Gasteiger partial charge in [0.25, 0.3) is 0 Å². The predicted octanol–water partition coefficient (Wildman–Crippen LogP) is 14.2. The van der Waals surface area contributed by atoms with Gasteiger partial charge in [0.05, 0.1) is 0 Å². The largest absolute Gasteiger partial charge is 0.462 e. The number of hydrogen-bond donors (Lipinski definition) is 0. The predicted molar refractivity (Wildman–Crippen MR) is 220 cm³/mol. The molecule has 0 bridgehead atoms. The van der Waals surface area contributed by atoms with Crippen LogP contribution in [-0.4, -0.2) is 37.2 Å². The number of carbonyl (C=O) groups excluding carboxylic acids is 3. The molecule has 0 unspecified atom stereocenters. The quantitative estimate of drug-likeness (QED) is 0.0354. The minimum Gasteiger partial charge on any atom is -0.462 e. The van der Waals surface area contributed by atoms with Gasteiger partial charge in [-0.1, -0.05) is 208 Å². The Bertz CT molecular complexity index is 794. The maximum Gasteiger partial charge on any atom is 0.306 e. The maximum atomic E-state index is 12.7. The monoisotopic (exact) mass is 737 g/mol. The van der Waals surface area contributed by atoms with E-state index in [1.54, 1.807) is 0 Å². The third kappa shape index (κ3) is 39.6. The lowest BCUT2D eigenvalue weighted by Crippen LogP contribution is -2.30. The fourth-order valence-corrected chi connectivity index (χ4v) is 6.75. The van der Waals surface area contributed by atoms with Gasteiger partial charge in [-0.2, -0.15) is 0 Å². The van der Waals surface area contributed by atoms with Crippen LogP contribution in [0.1, 0.15) is 247 Å². The Balaban J connectivity index is 4.33. The van der Waals surface area contributed by atoms with Gasteiger partial charge in [-0.3, -0.25) is 14.4 Å². The maximum absolute atomic E-state index is 12.7. The van der Waals surface area contributed by atoms with Gasteiger partial charge in [0, 0.05) is 19.3 Å². The third-order valence-corrected chi connectivity index (χ3v) is 10.2. The van der Waals surface area contributed by atoms with E-state index in [9.17, 15) is 14.4 Å². The van der Waals surface area contributed by atoms with Crippen LogP contribution >= 0.6 is 0 Å². The zero-order chi connectivity index (χ0) is 38.3. The first kappa shape index (κ1) is 50.4. The van der Waals surface area contributed by atoms with E-state index in [0.717, 1.165) is 69.6 Å². The van der Waals surface area contributed by atoms with Crippen molar-refractivity contribution < 1.29 is 28.6 Å². The van der Waals surface area contributed by atoms with Gasteiger partial charge in [0.15, 0.2) is 6.10 Å². The molecule has 0 radical (unpaired) electrons. The van der Waals surface area contributed by atoms with Crippen molar-refractivity contribution >= 4 is 17.9 Å². The summed E-state index contributed by atoms with van der Waals surface area (Å²) in [6.45, 7) is 11.3. The molecule has 0 aromatic rings. The van der Waals surface area contributed by atoms with Crippen LogP contribution in [0.5, 0.6) is 0 Å². The molecule has 0 saturated carbocycles. The molecular formula is C46H88O6. The fourth-order valence-electron chi connectivity index (χ4n) is 6.75. The highest BCUT2D eigenvalue weighted by molar-refractivity contribution is 5.71. The van der Waals surface area contributed by atoms with E-state index in [4.69, 9.17) is 14.2 Å². The number of carbonyl (C=O) groups is 3. The molecule has 0 heterocycles. The molecule has 0 rings (SSSR count). The summed E-state index contributed by atoms with van der Waals surface area (Å²) in [4.78, 5) is 37.6. The molecule has 0 fully saturated rings. The summed E-state index contributed by atoms with van der Waals surface area (Å²) >= 11 is 0. The minimum absolute atomic E-state index is 0.0655. The van der Waals surface area contributed by atoms with Gasteiger partial charge in [-0.15, -0.1) is 0 Å². The molecule has 52 heavy (non-hydrogen) atoms. The lowest BCUT2D eigenvalue weighted by atomic mass is 10.0. The summed E-state index contributed by atoms with van der Waals surface area (Å²) in [7, 11) is 0. The number of unbranched alkanes of at least 4 members (excludes halogenated alkanes) is 25. The molecular weight excluding hydrogens is 648 g/mol. The van der Waals surface area contributed by atoms with Crippen molar-refractivity contribution in [1.82, 2.24) is 0 Å². The zero-order valence-corrected chi connectivity index (χ0v) is 35.4. The first-order chi connectivity index (χ1) is 25.2. The van der Waals surface area contributed by atoms with Gasteiger partial charge in [0.1, 0.15) is 13.2 Å². The van der Waals surface area contributed by atoms with Gasteiger partial charge in [0.2, 0.25) is 0 Å². The highest BCUT2D eigenvalue weighted by atomic mass is 16.6. The van der Waals surface area contributed by atoms with E-state index < -0.39 is 6.10 Å². The van der Waals surface area contributed by atoms with Crippen molar-refractivity contribution in [3.8, 4) is 0 Å². The Hall–Kier alpha value is -1.59. The normalized spacial score (nSPS) is 12.1. The van der Waals surface area contributed by atoms with E-state index >= 15 is 0 Å². The van der Waals surface area contributed by atoms with Crippen LogP contribution in [0.4, 0.5) is 0 Å². The van der Waals surface area contributed by atoms with E-state index in [2.05, 4.69) is 34.6 Å². The smallest absolute Gasteiger partial charge is 0.306 e. The highest BCUT2D eigenvalue weighted by Crippen LogP contribution is 2.16. The van der Waals surface area contributed by atoms with Crippen LogP contribution < -0.4 is 0 Å². The molecule has 0 aromatic heterocycles. The minimum atomic E-state index is -0.760. The molecule has 0 aliphatic rings. The Morgan fingerprint density at radius 3 is 0.942 bits per heavy atom. The van der Waals surface area contributed by atoms with Crippen LogP contribution in [0.15, 0.2) is 0 Å². The molecule has 0 aliphatic heterocycles. The van der Waals surface area contributed by atoms with Crippen LogP contribution in [0.3, 0.4) is 0 Å². The molecule has 0 aliphatic carbocycles. The van der Waals surface area contributed by atoms with Crippen LogP contribution in [-0.2, 0) is 28.6 Å². The molecule has 6 heteroatoms. The highest BCUT2D eigenvalue weighted by Gasteiger charge is 2.19. The average molecular weight is 737 g/mol. The first-order valence-electron chi connectivity index (χ1n) is 22.7. The second-order valence-electron chi connectivity index (χ2n) is 16.6. The van der Waals surface area contributed by atoms with Gasteiger partial charge in [-0.05, 0) is 31.1 Å². The standard InChI is InChI=1S/C46H88O6/c1-6-7-8-9-10-11-12-13-17-20-26-31-36-44(47)50-39-43(40-51-45(48)37-32-27-23-22-25-30-35-42(4)5)52-46(49)38-33-28-21-18-15-14-16-19-24-29-34-41(2)3/h41-43H,6-40H2,1-5H3/t43-/m0/s1. The summed E-state index contributed by atoms with van der Waals surface area (Å²) in [5.41, 5.74) is 0. The van der Waals surface area contributed by atoms with E-state index in [1.165, 1.54) is 135 Å². The molecule has 6 nitrogen and oxygen atoms in total. The first-order valence-corrected chi connectivity index (χ1v) is 22.7. The van der Waals surface area contributed by atoms with Crippen molar-refractivity contribution in [3.63, 3.8) is 0 Å². The summed E-state index contributed by atoms with van der Waals surface area (Å²) in [5, 5.41) is 0. The number of ether oxygens (including phenoxy) is 3. The van der Waals surface area contributed by atoms with Crippen LogP contribution in [0.25, 0.3) is 0 Å². The Kier molecular flexibility index (Phi) is 37.9. The number of esters is 3. The second-order valence-corrected chi connectivity index (χ2v) is 16.6. The lowest BCUT2D eigenvalue weighted by molar-refractivity contribution is -0.167. The molecule has 0 aromatic carbocycles. The van der Waals surface area contributed by atoms with Crippen molar-refractivity contribution in [1.29, 1.82) is 0 Å². The number of hydrogen-bond acceptors (Lipinski definition) is 6. The summed E-state index contributed by atoms with van der Waals surface area (Å²) in [6.07, 6.45) is 36.7. The van der Waals surface area contributed by atoms with Crippen molar-refractivity contribution in [3.05, 3.63) is 0 Å². The molecule has 308 valence electrons. The van der Waals surface area contributed by atoms with Gasteiger partial charge < -0.3 is 14.2 Å². The van der Waals surface area contributed by atoms with E-state index in [1.807, 2.05) is 0 Å². The van der Waals surface area contributed by atoms with Gasteiger partial charge in [-0.25, -0.2) is 0 Å². The molecule has 0 amide bonds. The lowest BCUT2D eigenvalue weighted by Gasteiger charge is -2.18. The SMILES string of the molecule is CCCCCCCCCCCCCCC(=O)OC[C@@H](COC(=O)CCCCCCCCC(C)C)OC(=O)CCCCCCCCCCCCC(C)C. The third-order valence-electron chi connectivity index (χ3n) is 10.2. The average Bonchev–Trinajstić information content (AvgIpc) is 3.11. The Morgan fingerprint density at radius 1 is 0.365 bits per heavy atom. The van der Waals surface area contributed by atoms with Crippen LogP contribution in [0.2, 0.25) is 0 Å². The Labute approximate surface area is 323 Å². The summed E-state index contributed by atoms with van der Waals surface area (Å²) in [5.74, 6) is 0.717. The molecule has 0 spiro atoms. The molecule has 0 saturated heterocycles.